The van der Waals surface area contributed by atoms with E-state index in [-0.39, 0.29) is 24.9 Å². The Hall–Kier alpha value is -4.24. The predicted octanol–water partition coefficient (Wildman–Crippen LogP) is 4.98. The van der Waals surface area contributed by atoms with Crippen molar-refractivity contribution in [3.05, 3.63) is 90.2 Å². The molecular weight excluding hydrogens is 544 g/mol. The molecular formula is C34H44N4O5. The van der Waals surface area contributed by atoms with Gasteiger partial charge < -0.3 is 15.0 Å². The molecule has 0 unspecified atom stereocenters. The van der Waals surface area contributed by atoms with Crippen molar-refractivity contribution in [2.45, 2.75) is 64.6 Å². The minimum atomic E-state index is -0.552. The number of nitrogens with one attached hydrogen (secondary N) is 1. The van der Waals surface area contributed by atoms with Crippen LogP contribution in [0.3, 0.4) is 0 Å². The van der Waals surface area contributed by atoms with Gasteiger partial charge in [-0.2, -0.15) is 0 Å². The molecule has 0 aromatic heterocycles. The van der Waals surface area contributed by atoms with Gasteiger partial charge in [0.25, 0.3) is 11.8 Å². The molecule has 0 atom stereocenters. The van der Waals surface area contributed by atoms with Crippen LogP contribution in [0.2, 0.25) is 0 Å². The van der Waals surface area contributed by atoms with Crippen LogP contribution in [-0.4, -0.2) is 76.3 Å². The van der Waals surface area contributed by atoms with Crippen LogP contribution in [0.5, 0.6) is 0 Å². The summed E-state index contributed by atoms with van der Waals surface area (Å²) in [5.74, 6) is -1.04. The number of urea groups is 1. The zero-order valence-electron chi connectivity index (χ0n) is 26.0. The molecule has 9 nitrogen and oxygen atoms in total. The van der Waals surface area contributed by atoms with Gasteiger partial charge in [-0.1, -0.05) is 55.7 Å². The zero-order chi connectivity index (χ0) is 31.8. The van der Waals surface area contributed by atoms with Crippen LogP contribution in [0, 0.1) is 0 Å². The number of amides is 5. The average molecular weight is 589 g/mol. The first-order valence-corrected chi connectivity index (χ1v) is 14.5. The van der Waals surface area contributed by atoms with Crippen LogP contribution in [0.4, 0.5) is 4.79 Å². The Kier molecular flexibility index (Phi) is 11.1. The number of ether oxygens (including phenoxy) is 1. The molecule has 0 spiro atoms. The summed E-state index contributed by atoms with van der Waals surface area (Å²) in [5, 5.41) is 2.96. The van der Waals surface area contributed by atoms with Crippen molar-refractivity contribution < 1.29 is 23.9 Å². The highest BCUT2D eigenvalue weighted by molar-refractivity contribution is 6.13. The summed E-state index contributed by atoms with van der Waals surface area (Å²) in [4.78, 5) is 54.1. The van der Waals surface area contributed by atoms with Crippen molar-refractivity contribution in [3.8, 4) is 0 Å². The maximum atomic E-state index is 13.7. The minimum absolute atomic E-state index is 0.0330. The molecule has 3 rings (SSSR count). The molecule has 1 N–H and O–H groups in total. The molecule has 5 amide bonds. The molecule has 0 radical (unpaired) electrons. The first-order chi connectivity index (χ1) is 20.3. The number of nitrogens with zero attached hydrogens (tertiary/aromatic N) is 3. The first kappa shape index (κ1) is 33.3. The second kappa shape index (κ2) is 14.3. The SMILES string of the molecule is C=CC1=C(\C=C)N(C(=O)N(C)CCC(C)(C)OCCC(C)(C)NC(=O)CCN2C(=O)C=CC2=O)Cc2ccccc2/C=C\1. The van der Waals surface area contributed by atoms with Crippen LogP contribution in [-0.2, 0) is 25.7 Å². The average Bonchev–Trinajstić information content (AvgIpc) is 3.26. The molecule has 0 saturated carbocycles. The number of hydrogen-bond donors (Lipinski definition) is 1. The molecule has 0 aliphatic carbocycles. The highest BCUT2D eigenvalue weighted by Gasteiger charge is 2.28. The predicted molar refractivity (Wildman–Crippen MR) is 168 cm³/mol. The quantitative estimate of drug-likeness (QED) is 0.328. The summed E-state index contributed by atoms with van der Waals surface area (Å²) >= 11 is 0. The van der Waals surface area contributed by atoms with Gasteiger partial charge in [0, 0.05) is 50.9 Å². The third-order valence-corrected chi connectivity index (χ3v) is 7.59. The Morgan fingerprint density at radius 1 is 1.00 bits per heavy atom. The van der Waals surface area contributed by atoms with E-state index in [0.29, 0.717) is 38.2 Å². The lowest BCUT2D eigenvalue weighted by molar-refractivity contribution is -0.137. The molecule has 0 bridgehead atoms. The van der Waals surface area contributed by atoms with E-state index in [1.807, 2.05) is 64.1 Å². The second-order valence-electron chi connectivity index (χ2n) is 12.0. The van der Waals surface area contributed by atoms with Crippen molar-refractivity contribution in [2.24, 2.45) is 0 Å². The van der Waals surface area contributed by atoms with Crippen molar-refractivity contribution in [3.63, 3.8) is 0 Å². The fraction of sp³-hybridized carbons (Fsp3) is 0.412. The molecule has 230 valence electrons. The Labute approximate surface area is 255 Å². The van der Waals surface area contributed by atoms with E-state index in [1.165, 1.54) is 12.2 Å². The number of carbonyl (C=O) groups excluding carboxylic acids is 4. The highest BCUT2D eigenvalue weighted by Crippen LogP contribution is 2.26. The summed E-state index contributed by atoms with van der Waals surface area (Å²) in [5.41, 5.74) is 2.54. The van der Waals surface area contributed by atoms with Gasteiger partial charge in [0.05, 0.1) is 17.8 Å². The van der Waals surface area contributed by atoms with E-state index >= 15 is 0 Å². The fourth-order valence-electron chi connectivity index (χ4n) is 4.85. The lowest BCUT2D eigenvalue weighted by atomic mass is 10.00. The van der Waals surface area contributed by atoms with Gasteiger partial charge in [-0.15, -0.1) is 0 Å². The minimum Gasteiger partial charge on any atom is -0.375 e. The van der Waals surface area contributed by atoms with Gasteiger partial charge in [-0.05, 0) is 63.3 Å². The second-order valence-corrected chi connectivity index (χ2v) is 12.0. The topological polar surface area (TPSA) is 99.3 Å². The Balaban J connectivity index is 1.52. The number of rotatable bonds is 13. The summed E-state index contributed by atoms with van der Waals surface area (Å²) < 4.78 is 6.20. The van der Waals surface area contributed by atoms with Gasteiger partial charge in [-0.3, -0.25) is 24.2 Å². The molecule has 2 aliphatic rings. The normalized spacial score (nSPS) is 17.7. The maximum absolute atomic E-state index is 13.7. The van der Waals surface area contributed by atoms with E-state index in [0.717, 1.165) is 21.6 Å². The number of fused-ring (bicyclic) bond motifs is 1. The number of allylic oxidation sites excluding steroid dienone is 4. The first-order valence-electron chi connectivity index (χ1n) is 14.5. The van der Waals surface area contributed by atoms with Gasteiger partial charge in [0.2, 0.25) is 5.91 Å². The van der Waals surface area contributed by atoms with Crippen molar-refractivity contribution in [2.75, 3.05) is 26.7 Å². The summed E-state index contributed by atoms with van der Waals surface area (Å²) in [7, 11) is 1.78. The summed E-state index contributed by atoms with van der Waals surface area (Å²) in [6, 6.07) is 7.85. The van der Waals surface area contributed by atoms with Crippen LogP contribution >= 0.6 is 0 Å². The van der Waals surface area contributed by atoms with E-state index in [9.17, 15) is 19.2 Å². The molecule has 0 saturated heterocycles. The molecule has 1 aromatic rings. The van der Waals surface area contributed by atoms with Gasteiger partial charge >= 0.3 is 6.03 Å². The Morgan fingerprint density at radius 3 is 2.33 bits per heavy atom. The third kappa shape index (κ3) is 9.12. The van der Waals surface area contributed by atoms with Crippen LogP contribution in [0.25, 0.3) is 6.08 Å². The zero-order valence-corrected chi connectivity index (χ0v) is 26.0. The van der Waals surface area contributed by atoms with Crippen molar-refractivity contribution in [1.29, 1.82) is 0 Å². The number of imide groups is 1. The van der Waals surface area contributed by atoms with E-state index in [4.69, 9.17) is 4.74 Å². The van der Waals surface area contributed by atoms with E-state index in [1.54, 1.807) is 29.0 Å². The standard InChI is InChI=1S/C34H44N4O5/c1-8-25-14-15-26-12-10-11-13-27(26)24-38(28(25)9-2)32(42)36(7)22-19-34(5,6)43-23-20-33(3,4)35-29(39)18-21-37-30(40)16-17-31(37)41/h8-17H,1-2,18-24H2,3-7H3,(H,35,39)/b15-14-,28-25-. The smallest absolute Gasteiger partial charge is 0.324 e. The molecule has 9 heteroatoms. The van der Waals surface area contributed by atoms with E-state index < -0.39 is 23.0 Å². The van der Waals surface area contributed by atoms with Gasteiger partial charge in [-0.25, -0.2) is 4.79 Å². The number of benzene rings is 1. The number of hydrogen-bond acceptors (Lipinski definition) is 5. The fourth-order valence-corrected chi connectivity index (χ4v) is 4.85. The largest absolute Gasteiger partial charge is 0.375 e. The summed E-state index contributed by atoms with van der Waals surface area (Å²) in [6.07, 6.45) is 11.0. The van der Waals surface area contributed by atoms with Crippen molar-refractivity contribution in [1.82, 2.24) is 20.0 Å². The Bertz CT molecular complexity index is 1340. The lowest BCUT2D eigenvalue weighted by Crippen LogP contribution is -2.46. The van der Waals surface area contributed by atoms with Gasteiger partial charge in [0.15, 0.2) is 0 Å². The third-order valence-electron chi connectivity index (χ3n) is 7.59. The highest BCUT2D eigenvalue weighted by atomic mass is 16.5. The Morgan fingerprint density at radius 2 is 1.67 bits per heavy atom. The lowest BCUT2D eigenvalue weighted by Gasteiger charge is -2.34. The van der Waals surface area contributed by atoms with Crippen LogP contribution in [0.15, 0.2) is 79.1 Å². The van der Waals surface area contributed by atoms with Crippen LogP contribution < -0.4 is 5.32 Å². The molecule has 43 heavy (non-hydrogen) atoms. The number of carbonyl (C=O) groups is 4. The van der Waals surface area contributed by atoms with E-state index in [2.05, 4.69) is 18.5 Å². The molecule has 2 heterocycles. The summed E-state index contributed by atoms with van der Waals surface area (Å²) in [6.45, 7) is 17.0. The van der Waals surface area contributed by atoms with Crippen molar-refractivity contribution >= 4 is 29.8 Å². The monoisotopic (exact) mass is 588 g/mol. The van der Waals surface area contributed by atoms with Gasteiger partial charge in [0.1, 0.15) is 0 Å². The molecule has 2 aliphatic heterocycles. The molecule has 0 fully saturated rings. The van der Waals surface area contributed by atoms with Crippen LogP contribution in [0.1, 0.15) is 58.1 Å². The molecule has 1 aromatic carbocycles. The maximum Gasteiger partial charge on any atom is 0.324 e.